The van der Waals surface area contributed by atoms with Crippen LogP contribution in [0.5, 0.6) is 0 Å². The minimum Gasteiger partial charge on any atom is -0.478 e. The number of hydrogen-bond donors (Lipinski definition) is 1. The van der Waals surface area contributed by atoms with E-state index in [2.05, 4.69) is 11.6 Å². The standard InChI is InChI=1S/C14H16N2O3/c1-4-7-16(9(2)3)14-15-11-6-5-10(13(17)18)8-12(11)19-14/h4-6,8-9H,1,7H2,2-3H3,(H,17,18). The van der Waals surface area contributed by atoms with Gasteiger partial charge in [-0.05, 0) is 32.0 Å². The van der Waals surface area contributed by atoms with Gasteiger partial charge in [-0.2, -0.15) is 4.98 Å². The summed E-state index contributed by atoms with van der Waals surface area (Å²) in [5.74, 6) is -0.980. The monoisotopic (exact) mass is 260 g/mol. The third-order valence-corrected chi connectivity index (χ3v) is 2.82. The summed E-state index contributed by atoms with van der Waals surface area (Å²) in [6.07, 6.45) is 1.78. The predicted molar refractivity (Wildman–Crippen MR) is 73.6 cm³/mol. The van der Waals surface area contributed by atoms with Crippen molar-refractivity contribution in [3.8, 4) is 0 Å². The number of anilines is 1. The maximum atomic E-state index is 10.9. The molecule has 0 spiro atoms. The third-order valence-electron chi connectivity index (χ3n) is 2.82. The lowest BCUT2D eigenvalue weighted by atomic mass is 10.2. The fraction of sp³-hybridized carbons (Fsp3) is 0.286. The first-order valence-electron chi connectivity index (χ1n) is 6.04. The highest BCUT2D eigenvalue weighted by molar-refractivity contribution is 5.92. The SMILES string of the molecule is C=CCN(c1nc2ccc(C(=O)O)cc2o1)C(C)C. The van der Waals surface area contributed by atoms with Gasteiger partial charge < -0.3 is 14.4 Å². The number of aromatic nitrogens is 1. The normalized spacial score (nSPS) is 10.9. The van der Waals surface area contributed by atoms with Gasteiger partial charge in [-0.15, -0.1) is 6.58 Å². The quantitative estimate of drug-likeness (QED) is 0.837. The molecule has 19 heavy (non-hydrogen) atoms. The molecule has 100 valence electrons. The molecule has 0 saturated carbocycles. The molecule has 0 aliphatic heterocycles. The van der Waals surface area contributed by atoms with Gasteiger partial charge in [0.15, 0.2) is 5.58 Å². The van der Waals surface area contributed by atoms with Crippen LogP contribution in [0.2, 0.25) is 0 Å². The molecule has 0 aliphatic carbocycles. The summed E-state index contributed by atoms with van der Waals surface area (Å²) in [6, 6.07) is 5.35. The highest BCUT2D eigenvalue weighted by atomic mass is 16.4. The van der Waals surface area contributed by atoms with E-state index in [4.69, 9.17) is 9.52 Å². The van der Waals surface area contributed by atoms with Crippen LogP contribution in [-0.4, -0.2) is 28.6 Å². The van der Waals surface area contributed by atoms with E-state index >= 15 is 0 Å². The lowest BCUT2D eigenvalue weighted by Gasteiger charge is -2.22. The summed E-state index contributed by atoms with van der Waals surface area (Å²) in [4.78, 5) is 17.2. The van der Waals surface area contributed by atoms with Crippen molar-refractivity contribution >= 4 is 23.1 Å². The van der Waals surface area contributed by atoms with Crippen molar-refractivity contribution in [1.29, 1.82) is 0 Å². The second kappa shape index (κ2) is 5.14. The van der Waals surface area contributed by atoms with Crippen molar-refractivity contribution in [3.63, 3.8) is 0 Å². The Bertz CT molecular complexity index is 616. The number of hydrogen-bond acceptors (Lipinski definition) is 4. The Morgan fingerprint density at radius 3 is 2.89 bits per heavy atom. The zero-order valence-electron chi connectivity index (χ0n) is 11.0. The third kappa shape index (κ3) is 2.59. The van der Waals surface area contributed by atoms with Gasteiger partial charge in [-0.1, -0.05) is 6.08 Å². The molecule has 0 aliphatic rings. The van der Waals surface area contributed by atoms with Gasteiger partial charge in [-0.3, -0.25) is 0 Å². The molecule has 2 rings (SSSR count). The Hall–Kier alpha value is -2.30. The number of aromatic carboxylic acids is 1. The van der Waals surface area contributed by atoms with E-state index in [9.17, 15) is 4.79 Å². The van der Waals surface area contributed by atoms with Gasteiger partial charge in [0.25, 0.3) is 6.01 Å². The van der Waals surface area contributed by atoms with Crippen molar-refractivity contribution in [1.82, 2.24) is 4.98 Å². The lowest BCUT2D eigenvalue weighted by Crippen LogP contribution is -2.30. The number of fused-ring (bicyclic) bond motifs is 1. The number of carbonyl (C=O) groups is 1. The van der Waals surface area contributed by atoms with Gasteiger partial charge in [0.1, 0.15) is 5.52 Å². The second-order valence-corrected chi connectivity index (χ2v) is 4.52. The van der Waals surface area contributed by atoms with Crippen LogP contribution in [0.4, 0.5) is 6.01 Å². The van der Waals surface area contributed by atoms with E-state index in [1.54, 1.807) is 12.1 Å². The first-order valence-corrected chi connectivity index (χ1v) is 6.04. The highest BCUT2D eigenvalue weighted by Crippen LogP contribution is 2.24. The Kier molecular flexibility index (Phi) is 3.55. The topological polar surface area (TPSA) is 66.6 Å². The molecule has 0 atom stereocenters. The van der Waals surface area contributed by atoms with Gasteiger partial charge >= 0.3 is 5.97 Å². The van der Waals surface area contributed by atoms with Crippen molar-refractivity contribution in [2.75, 3.05) is 11.4 Å². The number of carboxylic acid groups (broad SMARTS) is 1. The maximum Gasteiger partial charge on any atom is 0.335 e. The van der Waals surface area contributed by atoms with E-state index in [1.165, 1.54) is 12.1 Å². The van der Waals surface area contributed by atoms with Gasteiger partial charge in [0.2, 0.25) is 0 Å². The number of oxazole rings is 1. The fourth-order valence-corrected chi connectivity index (χ4v) is 1.82. The van der Waals surface area contributed by atoms with Crippen LogP contribution in [0.3, 0.4) is 0 Å². The number of benzene rings is 1. The molecular formula is C14H16N2O3. The van der Waals surface area contributed by atoms with Crippen LogP contribution < -0.4 is 4.90 Å². The Balaban J connectivity index is 2.45. The average Bonchev–Trinajstić information content (AvgIpc) is 2.77. The first-order chi connectivity index (χ1) is 9.02. The Labute approximate surface area is 111 Å². The summed E-state index contributed by atoms with van der Waals surface area (Å²) in [5, 5.41) is 8.95. The predicted octanol–water partition coefficient (Wildman–Crippen LogP) is 2.93. The molecule has 0 fully saturated rings. The molecule has 1 N–H and O–H groups in total. The second-order valence-electron chi connectivity index (χ2n) is 4.52. The van der Waals surface area contributed by atoms with Crippen LogP contribution in [0.25, 0.3) is 11.1 Å². The fourth-order valence-electron chi connectivity index (χ4n) is 1.82. The van der Waals surface area contributed by atoms with Gasteiger partial charge in [-0.25, -0.2) is 4.79 Å². The number of rotatable bonds is 5. The van der Waals surface area contributed by atoms with E-state index in [0.717, 1.165) is 0 Å². The molecule has 0 bridgehead atoms. The van der Waals surface area contributed by atoms with E-state index < -0.39 is 5.97 Å². The minimum absolute atomic E-state index is 0.190. The van der Waals surface area contributed by atoms with Crippen LogP contribution in [-0.2, 0) is 0 Å². The highest BCUT2D eigenvalue weighted by Gasteiger charge is 2.16. The Morgan fingerprint density at radius 2 is 2.32 bits per heavy atom. The van der Waals surface area contributed by atoms with Crippen LogP contribution in [0, 0.1) is 0 Å². The average molecular weight is 260 g/mol. The maximum absolute atomic E-state index is 10.9. The zero-order valence-corrected chi connectivity index (χ0v) is 11.0. The Morgan fingerprint density at radius 1 is 1.58 bits per heavy atom. The number of carboxylic acids is 1. The molecule has 1 heterocycles. The largest absolute Gasteiger partial charge is 0.478 e. The summed E-state index contributed by atoms with van der Waals surface area (Å²) >= 11 is 0. The van der Waals surface area contributed by atoms with Crippen molar-refractivity contribution in [2.24, 2.45) is 0 Å². The van der Waals surface area contributed by atoms with Gasteiger partial charge in [0, 0.05) is 12.6 Å². The summed E-state index contributed by atoms with van der Waals surface area (Å²) < 4.78 is 5.64. The smallest absolute Gasteiger partial charge is 0.335 e. The molecule has 0 amide bonds. The molecule has 0 saturated heterocycles. The molecule has 5 heteroatoms. The molecule has 2 aromatic rings. The zero-order chi connectivity index (χ0) is 14.0. The van der Waals surface area contributed by atoms with Crippen molar-refractivity contribution < 1.29 is 14.3 Å². The lowest BCUT2D eigenvalue weighted by molar-refractivity contribution is 0.0697. The minimum atomic E-state index is -0.980. The molecule has 1 aromatic heterocycles. The summed E-state index contributed by atoms with van der Waals surface area (Å²) in [5.41, 5.74) is 1.31. The van der Waals surface area contributed by atoms with Gasteiger partial charge in [0.05, 0.1) is 5.56 Å². The summed E-state index contributed by atoms with van der Waals surface area (Å²) in [7, 11) is 0. The van der Waals surface area contributed by atoms with E-state index in [0.29, 0.717) is 23.7 Å². The van der Waals surface area contributed by atoms with E-state index in [-0.39, 0.29) is 11.6 Å². The number of nitrogens with zero attached hydrogens (tertiary/aromatic N) is 2. The molecule has 5 nitrogen and oxygen atoms in total. The van der Waals surface area contributed by atoms with Crippen molar-refractivity contribution in [2.45, 2.75) is 19.9 Å². The van der Waals surface area contributed by atoms with E-state index in [1.807, 2.05) is 18.7 Å². The van der Waals surface area contributed by atoms with Crippen LogP contribution in [0.1, 0.15) is 24.2 Å². The van der Waals surface area contributed by atoms with Crippen molar-refractivity contribution in [3.05, 3.63) is 36.4 Å². The molecule has 0 unspecified atom stereocenters. The van der Waals surface area contributed by atoms with Crippen LogP contribution in [0.15, 0.2) is 35.3 Å². The molecule has 0 radical (unpaired) electrons. The summed E-state index contributed by atoms with van der Waals surface area (Å²) in [6.45, 7) is 8.39. The van der Waals surface area contributed by atoms with Crippen LogP contribution >= 0.6 is 0 Å². The molecular weight excluding hydrogens is 244 g/mol. The first kappa shape index (κ1) is 13.1. The molecule has 1 aromatic carbocycles.